The minimum Gasteiger partial charge on any atom is -0.439 e. The molecular weight excluding hydrogens is 316 g/mol. The number of rotatable bonds is 4. The van der Waals surface area contributed by atoms with Gasteiger partial charge >= 0.3 is 0 Å². The number of nitrogens with one attached hydrogen (secondary N) is 1. The highest BCUT2D eigenvalue weighted by Crippen LogP contribution is 2.23. The van der Waals surface area contributed by atoms with E-state index in [1.54, 1.807) is 36.5 Å². The molecule has 0 radical (unpaired) electrons. The summed E-state index contributed by atoms with van der Waals surface area (Å²) in [6, 6.07) is 13.8. The molecule has 0 saturated carbocycles. The third kappa shape index (κ3) is 3.14. The highest BCUT2D eigenvalue weighted by molar-refractivity contribution is 7.91. The second kappa shape index (κ2) is 6.05. The van der Waals surface area contributed by atoms with E-state index in [2.05, 4.69) is 10.3 Å². The lowest BCUT2D eigenvalue weighted by atomic mass is 10.4. The molecule has 0 unspecified atom stereocenters. The summed E-state index contributed by atoms with van der Waals surface area (Å²) in [5.41, 5.74) is 0.487. The highest BCUT2D eigenvalue weighted by atomic mass is 32.2. The van der Waals surface area contributed by atoms with Crippen LogP contribution in [0.2, 0.25) is 0 Å². The van der Waals surface area contributed by atoms with Crippen molar-refractivity contribution in [2.75, 3.05) is 5.32 Å². The van der Waals surface area contributed by atoms with Crippen LogP contribution in [0, 0.1) is 0 Å². The third-order valence-corrected chi connectivity index (χ3v) is 4.68. The molecule has 2 heterocycles. The number of nitrogens with zero attached hydrogens (tertiary/aromatic N) is 1. The second-order valence-corrected chi connectivity index (χ2v) is 6.51. The van der Waals surface area contributed by atoms with Crippen LogP contribution in [0.4, 0.5) is 5.69 Å². The minimum atomic E-state index is -3.78. The Morgan fingerprint density at radius 3 is 2.48 bits per heavy atom. The van der Waals surface area contributed by atoms with Gasteiger partial charge in [-0.15, -0.1) is 0 Å². The normalized spacial score (nSPS) is 11.1. The van der Waals surface area contributed by atoms with Crippen molar-refractivity contribution in [1.82, 2.24) is 4.98 Å². The van der Waals surface area contributed by atoms with Crippen molar-refractivity contribution < 1.29 is 17.6 Å². The van der Waals surface area contributed by atoms with Gasteiger partial charge in [-0.1, -0.05) is 18.2 Å². The molecule has 1 aromatic carbocycles. The average molecular weight is 328 g/mol. The van der Waals surface area contributed by atoms with E-state index < -0.39 is 15.7 Å². The monoisotopic (exact) mass is 328 g/mol. The SMILES string of the molecule is O=C(Nc1cccnc1)c1ccc(S(=O)(=O)c2ccccc2)o1. The minimum absolute atomic E-state index is 0.0941. The number of amides is 1. The molecule has 6 nitrogen and oxygen atoms in total. The maximum Gasteiger partial charge on any atom is 0.291 e. The summed E-state index contributed by atoms with van der Waals surface area (Å²) in [6.45, 7) is 0. The molecule has 0 atom stereocenters. The summed E-state index contributed by atoms with van der Waals surface area (Å²) in [5, 5.41) is 2.29. The predicted octanol–water partition coefficient (Wildman–Crippen LogP) is 2.76. The molecule has 23 heavy (non-hydrogen) atoms. The molecule has 116 valence electrons. The highest BCUT2D eigenvalue weighted by Gasteiger charge is 2.23. The van der Waals surface area contributed by atoms with Gasteiger partial charge in [0.15, 0.2) is 5.76 Å². The Bertz CT molecular complexity index is 919. The van der Waals surface area contributed by atoms with Crippen LogP contribution in [0.15, 0.2) is 81.4 Å². The van der Waals surface area contributed by atoms with E-state index in [1.165, 1.54) is 30.5 Å². The summed E-state index contributed by atoms with van der Waals surface area (Å²) < 4.78 is 30.0. The lowest BCUT2D eigenvalue weighted by molar-refractivity contribution is 0.0991. The van der Waals surface area contributed by atoms with E-state index in [0.717, 1.165) is 0 Å². The largest absolute Gasteiger partial charge is 0.439 e. The summed E-state index contributed by atoms with van der Waals surface area (Å²) in [5.74, 6) is -0.643. The fraction of sp³-hybridized carbons (Fsp3) is 0. The molecule has 0 bridgehead atoms. The first-order chi connectivity index (χ1) is 11.1. The number of carbonyl (C=O) groups is 1. The molecule has 0 saturated heterocycles. The van der Waals surface area contributed by atoms with Crippen molar-refractivity contribution in [3.8, 4) is 0 Å². The zero-order chi connectivity index (χ0) is 16.3. The van der Waals surface area contributed by atoms with Crippen molar-refractivity contribution in [3.63, 3.8) is 0 Å². The van der Waals surface area contributed by atoms with Crippen molar-refractivity contribution in [2.45, 2.75) is 9.99 Å². The van der Waals surface area contributed by atoms with Gasteiger partial charge in [-0.2, -0.15) is 0 Å². The summed E-state index contributed by atoms with van der Waals surface area (Å²) in [7, 11) is -3.78. The van der Waals surface area contributed by atoms with E-state index in [0.29, 0.717) is 5.69 Å². The van der Waals surface area contributed by atoms with Crippen LogP contribution in [0.1, 0.15) is 10.6 Å². The van der Waals surface area contributed by atoms with Crippen molar-refractivity contribution in [3.05, 3.63) is 72.8 Å². The molecule has 0 fully saturated rings. The van der Waals surface area contributed by atoms with Gasteiger partial charge in [-0.25, -0.2) is 8.42 Å². The molecule has 1 amide bonds. The number of carbonyl (C=O) groups excluding carboxylic acids is 1. The van der Waals surface area contributed by atoms with E-state index in [4.69, 9.17) is 4.42 Å². The van der Waals surface area contributed by atoms with Crippen molar-refractivity contribution in [1.29, 1.82) is 0 Å². The Morgan fingerprint density at radius 2 is 1.78 bits per heavy atom. The number of sulfone groups is 1. The Morgan fingerprint density at radius 1 is 1.00 bits per heavy atom. The van der Waals surface area contributed by atoms with Gasteiger partial charge in [0, 0.05) is 6.20 Å². The summed E-state index contributed by atoms with van der Waals surface area (Å²) in [4.78, 5) is 16.0. The maximum absolute atomic E-state index is 12.4. The number of anilines is 1. The molecule has 1 N–H and O–H groups in total. The van der Waals surface area contributed by atoms with Crippen LogP contribution in [0.5, 0.6) is 0 Å². The van der Waals surface area contributed by atoms with Crippen LogP contribution >= 0.6 is 0 Å². The molecule has 2 aromatic heterocycles. The third-order valence-electron chi connectivity index (χ3n) is 3.04. The number of aromatic nitrogens is 1. The number of hydrogen-bond donors (Lipinski definition) is 1. The van der Waals surface area contributed by atoms with Gasteiger partial charge in [0.2, 0.25) is 14.9 Å². The molecule has 7 heteroatoms. The molecule has 3 rings (SSSR count). The number of benzene rings is 1. The maximum atomic E-state index is 12.4. The topological polar surface area (TPSA) is 89.3 Å². The molecule has 0 aliphatic rings. The lowest BCUT2D eigenvalue weighted by Crippen LogP contribution is -2.11. The Kier molecular flexibility index (Phi) is 3.94. The van der Waals surface area contributed by atoms with E-state index in [-0.39, 0.29) is 15.7 Å². The van der Waals surface area contributed by atoms with Crippen LogP contribution in [-0.4, -0.2) is 19.3 Å². The van der Waals surface area contributed by atoms with Crippen molar-refractivity contribution >= 4 is 21.4 Å². The quantitative estimate of drug-likeness (QED) is 0.795. The average Bonchev–Trinajstić information content (AvgIpc) is 3.07. The Labute approximate surface area is 132 Å². The van der Waals surface area contributed by atoms with Gasteiger partial charge < -0.3 is 9.73 Å². The lowest BCUT2D eigenvalue weighted by Gasteiger charge is -2.02. The number of pyridine rings is 1. The fourth-order valence-corrected chi connectivity index (χ4v) is 3.13. The zero-order valence-electron chi connectivity index (χ0n) is 11.8. The van der Waals surface area contributed by atoms with Gasteiger partial charge in [-0.05, 0) is 36.4 Å². The van der Waals surface area contributed by atoms with Gasteiger partial charge in [0.1, 0.15) is 0 Å². The molecule has 0 aliphatic heterocycles. The molecular formula is C16H12N2O4S. The van der Waals surface area contributed by atoms with Crippen LogP contribution in [0.3, 0.4) is 0 Å². The van der Waals surface area contributed by atoms with Crippen LogP contribution < -0.4 is 5.32 Å². The molecule has 0 spiro atoms. The first-order valence-corrected chi connectivity index (χ1v) is 8.17. The first kappa shape index (κ1) is 15.0. The first-order valence-electron chi connectivity index (χ1n) is 6.69. The Hall–Kier alpha value is -2.93. The van der Waals surface area contributed by atoms with E-state index in [1.807, 2.05) is 0 Å². The fourth-order valence-electron chi connectivity index (χ4n) is 1.93. The van der Waals surface area contributed by atoms with Gasteiger partial charge in [-0.3, -0.25) is 9.78 Å². The smallest absolute Gasteiger partial charge is 0.291 e. The van der Waals surface area contributed by atoms with Crippen molar-refractivity contribution in [2.24, 2.45) is 0 Å². The van der Waals surface area contributed by atoms with E-state index >= 15 is 0 Å². The van der Waals surface area contributed by atoms with Crippen LogP contribution in [0.25, 0.3) is 0 Å². The van der Waals surface area contributed by atoms with Crippen LogP contribution in [-0.2, 0) is 9.84 Å². The van der Waals surface area contributed by atoms with E-state index in [9.17, 15) is 13.2 Å². The predicted molar refractivity (Wildman–Crippen MR) is 82.8 cm³/mol. The summed E-state index contributed by atoms with van der Waals surface area (Å²) >= 11 is 0. The van der Waals surface area contributed by atoms with Gasteiger partial charge in [0.25, 0.3) is 5.91 Å². The van der Waals surface area contributed by atoms with Gasteiger partial charge in [0.05, 0.1) is 16.8 Å². The number of furan rings is 1. The molecule has 0 aliphatic carbocycles. The molecule has 3 aromatic rings. The zero-order valence-corrected chi connectivity index (χ0v) is 12.7. The second-order valence-electron chi connectivity index (χ2n) is 4.63. The Balaban J connectivity index is 1.85. The summed E-state index contributed by atoms with van der Waals surface area (Å²) in [6.07, 6.45) is 3.05. The number of hydrogen-bond acceptors (Lipinski definition) is 5. The standard InChI is InChI=1S/C16H12N2O4S/c19-16(18-12-5-4-10-17-11-12)14-8-9-15(22-14)23(20,21)13-6-2-1-3-7-13/h1-11H,(H,18,19).